The zero-order valence-electron chi connectivity index (χ0n) is 17.9. The van der Waals surface area contributed by atoms with Gasteiger partial charge in [-0.05, 0) is 43.5 Å². The van der Waals surface area contributed by atoms with Crippen molar-refractivity contribution in [3.05, 3.63) is 52.5 Å². The average molecular weight is 487 g/mol. The van der Waals surface area contributed by atoms with Gasteiger partial charge in [-0.3, -0.25) is 9.36 Å². The molecule has 172 valence electrons. The topological polar surface area (TPSA) is 115 Å². The molecular formula is C22H22N4O5S2. The van der Waals surface area contributed by atoms with Gasteiger partial charge in [0.2, 0.25) is 15.9 Å². The first-order valence-electron chi connectivity index (χ1n) is 10.6. The van der Waals surface area contributed by atoms with Crippen LogP contribution in [0.25, 0.3) is 21.3 Å². The molecule has 0 unspecified atom stereocenters. The maximum Gasteiger partial charge on any atom is 0.419 e. The van der Waals surface area contributed by atoms with Crippen LogP contribution >= 0.6 is 11.3 Å². The number of para-hydroxylation sites is 1. The van der Waals surface area contributed by atoms with E-state index in [2.05, 4.69) is 10.3 Å². The number of hydrogen-bond acceptors (Lipinski definition) is 7. The fourth-order valence-electron chi connectivity index (χ4n) is 4.03. The Bertz CT molecular complexity index is 1530. The van der Waals surface area contributed by atoms with Gasteiger partial charge in [0.15, 0.2) is 10.7 Å². The van der Waals surface area contributed by atoms with Gasteiger partial charge in [0.05, 0.1) is 20.6 Å². The molecule has 11 heteroatoms. The maximum atomic E-state index is 12.8. The minimum Gasteiger partial charge on any atom is -0.408 e. The number of carbonyl (C=O) groups is 1. The SMILES string of the molecule is Cc1cccc2sc(NC(=O)CCn3c(=O)oc4cc(S(=O)(=O)N5CCCC5)ccc43)nc12. The second-order valence-electron chi connectivity index (χ2n) is 8.00. The molecule has 9 nitrogen and oxygen atoms in total. The van der Waals surface area contributed by atoms with Gasteiger partial charge in [-0.1, -0.05) is 23.5 Å². The molecule has 0 atom stereocenters. The van der Waals surface area contributed by atoms with Crippen molar-refractivity contribution < 1.29 is 17.6 Å². The van der Waals surface area contributed by atoms with Crippen molar-refractivity contribution in [3.8, 4) is 0 Å². The Hall–Kier alpha value is -3.02. The molecule has 4 aromatic rings. The molecule has 0 bridgehead atoms. The van der Waals surface area contributed by atoms with E-state index in [0.717, 1.165) is 28.6 Å². The van der Waals surface area contributed by atoms with E-state index in [0.29, 0.717) is 23.7 Å². The lowest BCUT2D eigenvalue weighted by Gasteiger charge is -2.15. The van der Waals surface area contributed by atoms with Gasteiger partial charge in [-0.15, -0.1) is 0 Å². The summed E-state index contributed by atoms with van der Waals surface area (Å²) in [5.74, 6) is -0.912. The summed E-state index contributed by atoms with van der Waals surface area (Å²) in [7, 11) is -3.62. The quantitative estimate of drug-likeness (QED) is 0.447. The van der Waals surface area contributed by atoms with Crippen LogP contribution in [0.1, 0.15) is 24.8 Å². The first-order valence-corrected chi connectivity index (χ1v) is 12.9. The molecule has 1 aliphatic heterocycles. The molecule has 2 aromatic heterocycles. The van der Waals surface area contributed by atoms with E-state index in [9.17, 15) is 18.0 Å². The number of anilines is 1. The highest BCUT2D eigenvalue weighted by atomic mass is 32.2. The lowest BCUT2D eigenvalue weighted by atomic mass is 10.2. The minimum absolute atomic E-state index is 0.0390. The minimum atomic E-state index is -3.62. The molecule has 5 rings (SSSR count). The van der Waals surface area contributed by atoms with Crippen LogP contribution < -0.4 is 11.1 Å². The van der Waals surface area contributed by atoms with Crippen molar-refractivity contribution in [1.29, 1.82) is 0 Å². The third-order valence-corrected chi connectivity index (χ3v) is 8.60. The van der Waals surface area contributed by atoms with Crippen LogP contribution in [0.5, 0.6) is 0 Å². The van der Waals surface area contributed by atoms with Crippen LogP contribution in [0.4, 0.5) is 5.13 Å². The molecule has 1 amide bonds. The summed E-state index contributed by atoms with van der Waals surface area (Å²) in [5, 5.41) is 3.29. The van der Waals surface area contributed by atoms with Gasteiger partial charge >= 0.3 is 5.76 Å². The van der Waals surface area contributed by atoms with Gasteiger partial charge in [0.25, 0.3) is 0 Å². The van der Waals surface area contributed by atoms with Crippen LogP contribution in [-0.2, 0) is 21.4 Å². The lowest BCUT2D eigenvalue weighted by molar-refractivity contribution is -0.116. The summed E-state index contributed by atoms with van der Waals surface area (Å²) in [6, 6.07) is 10.3. The van der Waals surface area contributed by atoms with Crippen LogP contribution in [0.15, 0.2) is 50.5 Å². The zero-order valence-corrected chi connectivity index (χ0v) is 19.5. The second kappa shape index (κ2) is 8.40. The highest BCUT2D eigenvalue weighted by molar-refractivity contribution is 7.89. The second-order valence-corrected chi connectivity index (χ2v) is 11.0. The Morgan fingerprint density at radius 3 is 2.76 bits per heavy atom. The molecule has 0 radical (unpaired) electrons. The molecule has 33 heavy (non-hydrogen) atoms. The fraction of sp³-hybridized carbons (Fsp3) is 0.318. The fourth-order valence-corrected chi connectivity index (χ4v) is 6.52. The van der Waals surface area contributed by atoms with Crippen molar-refractivity contribution in [3.63, 3.8) is 0 Å². The van der Waals surface area contributed by atoms with Crippen molar-refractivity contribution in [2.75, 3.05) is 18.4 Å². The van der Waals surface area contributed by atoms with Gasteiger partial charge in [-0.2, -0.15) is 4.31 Å². The van der Waals surface area contributed by atoms with Gasteiger partial charge < -0.3 is 9.73 Å². The molecule has 0 spiro atoms. The van der Waals surface area contributed by atoms with E-state index in [1.807, 2.05) is 25.1 Å². The van der Waals surface area contributed by atoms with Crippen molar-refractivity contribution in [2.24, 2.45) is 0 Å². The first-order chi connectivity index (χ1) is 15.8. The number of hydrogen-bond donors (Lipinski definition) is 1. The Labute approximate surface area is 193 Å². The normalized spacial score (nSPS) is 14.9. The van der Waals surface area contributed by atoms with Crippen molar-refractivity contribution >= 4 is 53.7 Å². The number of nitrogens with zero attached hydrogens (tertiary/aromatic N) is 3. The number of benzene rings is 2. The molecule has 1 saturated heterocycles. The molecule has 1 aliphatic rings. The number of aromatic nitrogens is 2. The predicted octanol–water partition coefficient (Wildman–Crippen LogP) is 3.33. The van der Waals surface area contributed by atoms with Gasteiger partial charge in [0, 0.05) is 32.1 Å². The van der Waals surface area contributed by atoms with Gasteiger partial charge in [0.1, 0.15) is 0 Å². The summed E-state index contributed by atoms with van der Waals surface area (Å²) < 4.78 is 34.6. The van der Waals surface area contributed by atoms with Crippen molar-refractivity contribution in [1.82, 2.24) is 13.9 Å². The smallest absolute Gasteiger partial charge is 0.408 e. The average Bonchev–Trinajstić information content (AvgIpc) is 3.51. The standard InChI is InChI=1S/C22H22N4O5S2/c1-14-5-4-6-18-20(14)24-21(32-18)23-19(27)9-12-26-16-8-7-15(13-17(16)31-22(26)28)33(29,30)25-10-2-3-11-25/h4-8,13H,2-3,9-12H2,1H3,(H,23,24,27). The summed E-state index contributed by atoms with van der Waals surface area (Å²) in [6.07, 6.45) is 1.72. The number of thiazole rings is 1. The lowest BCUT2D eigenvalue weighted by Crippen LogP contribution is -2.27. The molecule has 1 fully saturated rings. The molecule has 0 saturated carbocycles. The number of nitrogens with one attached hydrogen (secondary N) is 1. The highest BCUT2D eigenvalue weighted by Gasteiger charge is 2.28. The van der Waals surface area contributed by atoms with Crippen LogP contribution in [0, 0.1) is 6.92 Å². The number of fused-ring (bicyclic) bond motifs is 2. The predicted molar refractivity (Wildman–Crippen MR) is 126 cm³/mol. The molecular weight excluding hydrogens is 464 g/mol. The Morgan fingerprint density at radius 2 is 2.00 bits per heavy atom. The first kappa shape index (κ1) is 21.8. The van der Waals surface area contributed by atoms with Crippen LogP contribution in [0.2, 0.25) is 0 Å². The summed E-state index contributed by atoms with van der Waals surface area (Å²) in [6.45, 7) is 3.05. The molecule has 2 aromatic carbocycles. The maximum absolute atomic E-state index is 12.8. The molecule has 0 aliphatic carbocycles. The highest BCUT2D eigenvalue weighted by Crippen LogP contribution is 2.28. The Balaban J connectivity index is 1.32. The molecule has 3 heterocycles. The largest absolute Gasteiger partial charge is 0.419 e. The number of aryl methyl sites for hydroxylation is 2. The van der Waals surface area contributed by atoms with E-state index < -0.39 is 15.8 Å². The number of rotatable bonds is 6. The molecule has 1 N–H and O–H groups in total. The van der Waals surface area contributed by atoms with Crippen LogP contribution in [-0.4, -0.2) is 41.3 Å². The number of amides is 1. The monoisotopic (exact) mass is 486 g/mol. The van der Waals surface area contributed by atoms with Gasteiger partial charge in [-0.25, -0.2) is 18.2 Å². The summed E-state index contributed by atoms with van der Waals surface area (Å²) in [4.78, 5) is 29.4. The Kier molecular flexibility index (Phi) is 5.55. The Morgan fingerprint density at radius 1 is 1.21 bits per heavy atom. The summed E-state index contributed by atoms with van der Waals surface area (Å²) >= 11 is 1.39. The van der Waals surface area contributed by atoms with E-state index >= 15 is 0 Å². The number of carbonyl (C=O) groups excluding carboxylic acids is 1. The van der Waals surface area contributed by atoms with E-state index in [1.165, 1.54) is 32.3 Å². The zero-order chi connectivity index (χ0) is 23.2. The number of sulfonamides is 1. The third-order valence-electron chi connectivity index (χ3n) is 5.77. The summed E-state index contributed by atoms with van der Waals surface area (Å²) in [5.41, 5.74) is 2.52. The van der Waals surface area contributed by atoms with E-state index in [1.54, 1.807) is 6.07 Å². The van der Waals surface area contributed by atoms with Crippen LogP contribution in [0.3, 0.4) is 0 Å². The van der Waals surface area contributed by atoms with Crippen molar-refractivity contribution in [2.45, 2.75) is 37.6 Å². The number of oxazole rings is 1. The van der Waals surface area contributed by atoms with E-state index in [4.69, 9.17) is 4.42 Å². The van der Waals surface area contributed by atoms with E-state index in [-0.39, 0.29) is 29.4 Å². The third kappa shape index (κ3) is 4.07.